The Kier molecular flexibility index (Phi) is 8.68. The first kappa shape index (κ1) is 33.7. The number of piperidine rings is 1. The Morgan fingerprint density at radius 1 is 1.24 bits per heavy atom. The van der Waals surface area contributed by atoms with Crippen molar-refractivity contribution in [3.63, 3.8) is 0 Å². The van der Waals surface area contributed by atoms with Crippen molar-refractivity contribution in [1.82, 2.24) is 15.1 Å². The number of anilines is 1. The van der Waals surface area contributed by atoms with Crippen LogP contribution in [0.15, 0.2) is 53.7 Å². The molecule has 0 radical (unpaired) electrons. The minimum absolute atomic E-state index is 0.109. The van der Waals surface area contributed by atoms with Crippen molar-refractivity contribution >= 4 is 39.1 Å². The smallest absolute Gasteiger partial charge is 0.408 e. The molecule has 16 heteroatoms. The lowest BCUT2D eigenvalue weighted by atomic mass is 10.0. The Labute approximate surface area is 269 Å². The fourth-order valence-corrected chi connectivity index (χ4v) is 7.47. The van der Waals surface area contributed by atoms with Gasteiger partial charge >= 0.3 is 6.09 Å². The molecular formula is C30H33ClF3N5O6S. The summed E-state index contributed by atoms with van der Waals surface area (Å²) < 4.78 is 76.9. The van der Waals surface area contributed by atoms with E-state index in [2.05, 4.69) is 10.4 Å². The lowest BCUT2D eigenvalue weighted by Gasteiger charge is -2.47. The first-order valence-corrected chi connectivity index (χ1v) is 16.3. The number of sulfone groups is 1. The number of nitrogens with zero attached hydrogens (tertiary/aromatic N) is 4. The number of carbonyl (C=O) groups is 2. The number of hydrogen-bond donors (Lipinski definition) is 1. The van der Waals surface area contributed by atoms with Crippen molar-refractivity contribution in [2.45, 2.75) is 62.2 Å². The van der Waals surface area contributed by atoms with E-state index in [-0.39, 0.29) is 29.9 Å². The maximum Gasteiger partial charge on any atom is 0.408 e. The van der Waals surface area contributed by atoms with Gasteiger partial charge in [0.15, 0.2) is 9.84 Å². The molecule has 11 nitrogen and oxygen atoms in total. The number of rotatable bonds is 5. The zero-order chi connectivity index (χ0) is 33.8. The van der Waals surface area contributed by atoms with Gasteiger partial charge in [-0.1, -0.05) is 23.7 Å². The number of alkyl carbamates (subject to hydrolysis) is 1. The van der Waals surface area contributed by atoms with E-state index in [0.29, 0.717) is 10.6 Å². The SMILES string of the molecule is CC(C)(C)OC(=O)N[C@H]1CS(=O)(=O)c2cc(F)c(-c3cnn(C4CC(F)(F)C[N+](C)([O-])C4)c3)cc2N(Cc2ccc(Cl)cc2)C1=O. The molecule has 2 unspecified atom stereocenters. The zero-order valence-corrected chi connectivity index (χ0v) is 27.0. The molecule has 3 aromatic rings. The molecule has 0 bridgehead atoms. The van der Waals surface area contributed by atoms with E-state index in [1.165, 1.54) is 23.1 Å². The quantitative estimate of drug-likeness (QED) is 0.293. The van der Waals surface area contributed by atoms with Crippen molar-refractivity contribution in [1.29, 1.82) is 0 Å². The van der Waals surface area contributed by atoms with Gasteiger partial charge in [-0.3, -0.25) is 9.48 Å². The number of amides is 2. The lowest BCUT2D eigenvalue weighted by molar-refractivity contribution is -0.878. The predicted octanol–water partition coefficient (Wildman–Crippen LogP) is 5.08. The fraction of sp³-hybridized carbons (Fsp3) is 0.433. The zero-order valence-electron chi connectivity index (χ0n) is 25.5. The normalized spacial score (nSPS) is 24.2. The van der Waals surface area contributed by atoms with Gasteiger partial charge in [0.2, 0.25) is 0 Å². The first-order chi connectivity index (χ1) is 21.2. The van der Waals surface area contributed by atoms with Crippen molar-refractivity contribution < 1.29 is 40.6 Å². The van der Waals surface area contributed by atoms with Crippen LogP contribution in [0.25, 0.3) is 11.1 Å². The largest absolute Gasteiger partial charge is 0.633 e. The number of benzene rings is 2. The number of halogens is 4. The van der Waals surface area contributed by atoms with Crippen LogP contribution < -0.4 is 10.2 Å². The summed E-state index contributed by atoms with van der Waals surface area (Å²) in [7, 11) is -3.23. The number of hydroxylamine groups is 3. The number of hydrogen-bond acceptors (Lipinski definition) is 7. The summed E-state index contributed by atoms with van der Waals surface area (Å²) in [6.45, 7) is 3.58. The molecular weight excluding hydrogens is 651 g/mol. The average Bonchev–Trinajstić information content (AvgIpc) is 3.37. The topological polar surface area (TPSA) is 134 Å². The van der Waals surface area contributed by atoms with Crippen molar-refractivity contribution in [3.8, 4) is 11.1 Å². The molecule has 1 N–H and O–H groups in total. The number of aromatic nitrogens is 2. The number of fused-ring (bicyclic) bond motifs is 1. The summed E-state index contributed by atoms with van der Waals surface area (Å²) in [6, 6.07) is 5.82. The van der Waals surface area contributed by atoms with Crippen LogP contribution in [-0.2, 0) is 25.9 Å². The fourth-order valence-electron chi connectivity index (χ4n) is 5.73. The Balaban J connectivity index is 1.58. The van der Waals surface area contributed by atoms with E-state index in [1.54, 1.807) is 45.0 Å². The monoisotopic (exact) mass is 683 g/mol. The second kappa shape index (κ2) is 11.9. The molecule has 46 heavy (non-hydrogen) atoms. The van der Waals surface area contributed by atoms with Gasteiger partial charge in [0.1, 0.15) is 36.6 Å². The van der Waals surface area contributed by atoms with E-state index in [0.717, 1.165) is 18.0 Å². The van der Waals surface area contributed by atoms with Crippen LogP contribution >= 0.6 is 11.6 Å². The summed E-state index contributed by atoms with van der Waals surface area (Å²) >= 11 is 6.03. The van der Waals surface area contributed by atoms with Gasteiger partial charge in [-0.15, -0.1) is 0 Å². The van der Waals surface area contributed by atoms with Crippen molar-refractivity contribution in [3.05, 3.63) is 70.4 Å². The second-order valence-electron chi connectivity index (χ2n) is 12.9. The Bertz CT molecular complexity index is 1760. The standard InChI is InChI=1S/C30H33ClF3N5O6S/c1-29(2,3)45-28(41)36-24-16-46(43,44)26-10-23(32)22(9-25(26)37(27(24)40)13-18-5-7-20(31)8-6-18)19-12-35-38(14-19)21-11-30(33,34)17-39(4,42)15-21/h5-10,12,14,21,24H,11,13,15-17H2,1-4H3,(H,36,41)/t21?,24-,39?/m0/s1. The van der Waals surface area contributed by atoms with Crippen LogP contribution in [-0.4, -0.2) is 78.3 Å². The third kappa shape index (κ3) is 7.48. The highest BCUT2D eigenvalue weighted by atomic mass is 35.5. The number of likely N-dealkylation sites (tertiary alicyclic amines) is 1. The molecule has 2 amide bonds. The van der Waals surface area contributed by atoms with Crippen LogP contribution in [0.5, 0.6) is 0 Å². The average molecular weight is 684 g/mol. The molecule has 1 aromatic heterocycles. The Hall–Kier alpha value is -3.66. The number of nitrogens with one attached hydrogen (secondary N) is 1. The summed E-state index contributed by atoms with van der Waals surface area (Å²) in [5.41, 5.74) is -0.600. The summed E-state index contributed by atoms with van der Waals surface area (Å²) in [5.74, 6) is -5.87. The third-order valence-electron chi connectivity index (χ3n) is 7.55. The molecule has 5 rings (SSSR count). The van der Waals surface area contributed by atoms with E-state index in [1.807, 2.05) is 0 Å². The molecule has 0 spiro atoms. The van der Waals surface area contributed by atoms with Crippen LogP contribution in [0, 0.1) is 11.0 Å². The van der Waals surface area contributed by atoms with Gasteiger partial charge in [0.25, 0.3) is 11.8 Å². The minimum Gasteiger partial charge on any atom is -0.633 e. The Morgan fingerprint density at radius 3 is 2.54 bits per heavy atom. The first-order valence-electron chi connectivity index (χ1n) is 14.3. The van der Waals surface area contributed by atoms with Gasteiger partial charge in [-0.2, -0.15) is 5.10 Å². The lowest BCUT2D eigenvalue weighted by Crippen LogP contribution is -2.55. The van der Waals surface area contributed by atoms with Gasteiger partial charge in [-0.05, 0) is 50.6 Å². The van der Waals surface area contributed by atoms with Gasteiger partial charge in [0.05, 0.1) is 36.1 Å². The van der Waals surface area contributed by atoms with Gasteiger partial charge in [0, 0.05) is 28.8 Å². The van der Waals surface area contributed by atoms with Gasteiger partial charge in [-0.25, -0.2) is 26.4 Å². The summed E-state index contributed by atoms with van der Waals surface area (Å²) in [5, 5.41) is 19.4. The highest BCUT2D eigenvalue weighted by Crippen LogP contribution is 2.39. The number of carbonyl (C=O) groups excluding carboxylic acids is 2. The van der Waals surface area contributed by atoms with E-state index < -0.39 is 79.5 Å². The van der Waals surface area contributed by atoms with E-state index in [4.69, 9.17) is 16.3 Å². The summed E-state index contributed by atoms with van der Waals surface area (Å²) in [6.07, 6.45) is 0.875. The third-order valence-corrected chi connectivity index (χ3v) is 9.57. The number of quaternary nitrogens is 1. The predicted molar refractivity (Wildman–Crippen MR) is 163 cm³/mol. The van der Waals surface area contributed by atoms with Crippen LogP contribution in [0.2, 0.25) is 5.02 Å². The highest BCUT2D eigenvalue weighted by Gasteiger charge is 2.46. The van der Waals surface area contributed by atoms with Crippen LogP contribution in [0.3, 0.4) is 0 Å². The molecule has 1 fully saturated rings. The molecule has 3 heterocycles. The second-order valence-corrected chi connectivity index (χ2v) is 15.3. The number of alkyl halides is 2. The van der Waals surface area contributed by atoms with Crippen LogP contribution in [0.4, 0.5) is 23.7 Å². The van der Waals surface area contributed by atoms with Crippen molar-refractivity contribution in [2.75, 3.05) is 30.8 Å². The van der Waals surface area contributed by atoms with E-state index in [9.17, 15) is 32.0 Å². The minimum atomic E-state index is -4.38. The molecule has 1 saturated heterocycles. The molecule has 0 aliphatic carbocycles. The molecule has 2 aromatic carbocycles. The maximum absolute atomic E-state index is 15.7. The summed E-state index contributed by atoms with van der Waals surface area (Å²) in [4.78, 5) is 27.3. The molecule has 3 atom stereocenters. The van der Waals surface area contributed by atoms with Gasteiger partial charge < -0.3 is 24.8 Å². The van der Waals surface area contributed by atoms with Crippen LogP contribution in [0.1, 0.15) is 38.8 Å². The Morgan fingerprint density at radius 2 is 1.91 bits per heavy atom. The maximum atomic E-state index is 15.7. The molecule has 0 saturated carbocycles. The molecule has 248 valence electrons. The highest BCUT2D eigenvalue weighted by molar-refractivity contribution is 7.91. The molecule has 2 aliphatic rings. The molecule has 2 aliphatic heterocycles. The van der Waals surface area contributed by atoms with E-state index >= 15 is 4.39 Å². The number of likely N-dealkylation sites (N-methyl/N-ethyl adjacent to an activating group) is 1. The van der Waals surface area contributed by atoms with Crippen molar-refractivity contribution in [2.24, 2.45) is 0 Å². The number of ether oxygens (including phenoxy) is 1.